The van der Waals surface area contributed by atoms with E-state index >= 15 is 0 Å². The summed E-state index contributed by atoms with van der Waals surface area (Å²) in [6.45, 7) is -0.00648. The van der Waals surface area contributed by atoms with E-state index in [1.54, 1.807) is 6.07 Å². The van der Waals surface area contributed by atoms with E-state index < -0.39 is 11.6 Å². The molecule has 0 bridgehead atoms. The van der Waals surface area contributed by atoms with Crippen LogP contribution in [0.2, 0.25) is 5.02 Å². The Morgan fingerprint density at radius 2 is 1.83 bits per heavy atom. The van der Waals surface area contributed by atoms with Crippen molar-refractivity contribution in [3.63, 3.8) is 0 Å². The van der Waals surface area contributed by atoms with Gasteiger partial charge in [0.2, 0.25) is 0 Å². The third-order valence-electron chi connectivity index (χ3n) is 2.29. The van der Waals surface area contributed by atoms with Crippen molar-refractivity contribution in [2.45, 2.75) is 6.61 Å². The number of hydrogen-bond donors (Lipinski definition) is 0. The summed E-state index contributed by atoms with van der Waals surface area (Å²) in [5.41, 5.74) is 0.325. The second-order valence-electron chi connectivity index (χ2n) is 3.60. The van der Waals surface area contributed by atoms with Gasteiger partial charge in [0.15, 0.2) is 0 Å². The van der Waals surface area contributed by atoms with Crippen LogP contribution in [-0.4, -0.2) is 0 Å². The molecule has 0 amide bonds. The summed E-state index contributed by atoms with van der Waals surface area (Å²) in [5.74, 6) is -0.508. The fraction of sp³-hybridized carbons (Fsp3) is 0.0769. The first-order chi connectivity index (χ1) is 8.56. The molecule has 0 aliphatic heterocycles. The highest BCUT2D eigenvalue weighted by molar-refractivity contribution is 9.10. The maximum Gasteiger partial charge on any atom is 0.141 e. The van der Waals surface area contributed by atoms with Gasteiger partial charge in [0.25, 0.3) is 0 Å². The van der Waals surface area contributed by atoms with E-state index in [9.17, 15) is 8.78 Å². The minimum Gasteiger partial charge on any atom is -0.489 e. The van der Waals surface area contributed by atoms with E-state index in [0.29, 0.717) is 20.8 Å². The maximum absolute atomic E-state index is 13.4. The highest BCUT2D eigenvalue weighted by Gasteiger charge is 2.06. The van der Waals surface area contributed by atoms with Crippen molar-refractivity contribution in [2.75, 3.05) is 0 Å². The largest absolute Gasteiger partial charge is 0.489 e. The molecule has 94 valence electrons. The second-order valence-corrected chi connectivity index (χ2v) is 4.89. The minimum absolute atomic E-state index is 0.00648. The van der Waals surface area contributed by atoms with Crippen molar-refractivity contribution in [2.24, 2.45) is 0 Å². The van der Waals surface area contributed by atoms with Crippen molar-refractivity contribution in [3.8, 4) is 5.75 Å². The molecule has 0 radical (unpaired) electrons. The van der Waals surface area contributed by atoms with E-state index in [1.807, 2.05) is 0 Å². The minimum atomic E-state index is -0.431. The standard InChI is InChI=1S/C13H8BrClF2O/c14-11-3-2-10(6-13(11)17)18-7-8-5-9(15)1-4-12(8)16/h1-6H,7H2. The van der Waals surface area contributed by atoms with E-state index in [1.165, 1.54) is 30.3 Å². The fourth-order valence-electron chi connectivity index (χ4n) is 1.38. The van der Waals surface area contributed by atoms with Crippen molar-refractivity contribution < 1.29 is 13.5 Å². The van der Waals surface area contributed by atoms with Crippen LogP contribution in [-0.2, 0) is 6.61 Å². The van der Waals surface area contributed by atoms with Gasteiger partial charge < -0.3 is 4.74 Å². The molecule has 0 aromatic heterocycles. The maximum atomic E-state index is 13.4. The highest BCUT2D eigenvalue weighted by atomic mass is 79.9. The number of ether oxygens (including phenoxy) is 1. The van der Waals surface area contributed by atoms with E-state index in [0.717, 1.165) is 0 Å². The Hall–Kier alpha value is -1.13. The molecule has 0 aliphatic rings. The Bertz CT molecular complexity index is 575. The lowest BCUT2D eigenvalue weighted by Crippen LogP contribution is -1.98. The van der Waals surface area contributed by atoms with Crippen LogP contribution >= 0.6 is 27.5 Å². The SMILES string of the molecule is Fc1cc(OCc2cc(Cl)ccc2F)ccc1Br. The molecule has 0 unspecified atom stereocenters. The van der Waals surface area contributed by atoms with Gasteiger partial charge in [-0.15, -0.1) is 0 Å². The lowest BCUT2D eigenvalue weighted by Gasteiger charge is -2.08. The Labute approximate surface area is 116 Å². The molecule has 0 saturated heterocycles. The average molecular weight is 334 g/mol. The van der Waals surface area contributed by atoms with Gasteiger partial charge >= 0.3 is 0 Å². The van der Waals surface area contributed by atoms with E-state index in [4.69, 9.17) is 16.3 Å². The molecule has 0 heterocycles. The molecule has 0 aliphatic carbocycles. The molecule has 2 rings (SSSR count). The number of rotatable bonds is 3. The summed E-state index contributed by atoms with van der Waals surface area (Å²) in [6.07, 6.45) is 0. The summed E-state index contributed by atoms with van der Waals surface area (Å²) >= 11 is 8.79. The molecular weight excluding hydrogens is 325 g/mol. The first-order valence-corrected chi connectivity index (χ1v) is 6.25. The molecule has 1 nitrogen and oxygen atoms in total. The van der Waals surface area contributed by atoms with Gasteiger partial charge in [0.1, 0.15) is 24.0 Å². The molecule has 2 aromatic rings. The van der Waals surface area contributed by atoms with Gasteiger partial charge in [0.05, 0.1) is 4.47 Å². The van der Waals surface area contributed by atoms with Crippen LogP contribution in [0.4, 0.5) is 8.78 Å². The Kier molecular flexibility index (Phi) is 4.19. The number of benzene rings is 2. The molecule has 2 aromatic carbocycles. The Balaban J connectivity index is 2.11. The topological polar surface area (TPSA) is 9.23 Å². The predicted molar refractivity (Wildman–Crippen MR) is 69.8 cm³/mol. The molecule has 0 spiro atoms. The second kappa shape index (κ2) is 5.67. The molecule has 18 heavy (non-hydrogen) atoms. The third-order valence-corrected chi connectivity index (χ3v) is 3.17. The normalized spacial score (nSPS) is 10.4. The summed E-state index contributed by atoms with van der Waals surface area (Å²) in [4.78, 5) is 0. The lowest BCUT2D eigenvalue weighted by atomic mass is 10.2. The van der Waals surface area contributed by atoms with Crippen LogP contribution in [0.3, 0.4) is 0 Å². The third kappa shape index (κ3) is 3.21. The summed E-state index contributed by atoms with van der Waals surface area (Å²) in [6, 6.07) is 8.55. The summed E-state index contributed by atoms with van der Waals surface area (Å²) < 4.78 is 32.3. The van der Waals surface area contributed by atoms with Crippen LogP contribution in [0.5, 0.6) is 5.75 Å². The Morgan fingerprint density at radius 1 is 1.06 bits per heavy atom. The Morgan fingerprint density at radius 3 is 2.56 bits per heavy atom. The van der Waals surface area contributed by atoms with Gasteiger partial charge in [-0.2, -0.15) is 0 Å². The van der Waals surface area contributed by atoms with Crippen LogP contribution < -0.4 is 4.74 Å². The molecule has 0 fully saturated rings. The van der Waals surface area contributed by atoms with Gasteiger partial charge in [-0.3, -0.25) is 0 Å². The van der Waals surface area contributed by atoms with Crippen LogP contribution in [0.15, 0.2) is 40.9 Å². The van der Waals surface area contributed by atoms with Crippen LogP contribution in [0.1, 0.15) is 5.56 Å². The number of halogens is 4. The zero-order valence-corrected chi connectivity index (χ0v) is 11.4. The predicted octanol–water partition coefficient (Wildman–Crippen LogP) is 4.96. The van der Waals surface area contributed by atoms with Gasteiger partial charge in [-0.05, 0) is 46.3 Å². The van der Waals surface area contributed by atoms with E-state index in [2.05, 4.69) is 15.9 Å². The van der Waals surface area contributed by atoms with Gasteiger partial charge in [0, 0.05) is 16.7 Å². The molecule has 5 heteroatoms. The smallest absolute Gasteiger partial charge is 0.141 e. The van der Waals surface area contributed by atoms with E-state index in [-0.39, 0.29) is 6.61 Å². The quantitative estimate of drug-likeness (QED) is 0.771. The number of hydrogen-bond acceptors (Lipinski definition) is 1. The first-order valence-electron chi connectivity index (χ1n) is 5.08. The van der Waals surface area contributed by atoms with Gasteiger partial charge in [-0.25, -0.2) is 8.78 Å². The van der Waals surface area contributed by atoms with Crippen molar-refractivity contribution in [1.29, 1.82) is 0 Å². The lowest BCUT2D eigenvalue weighted by molar-refractivity contribution is 0.298. The molecular formula is C13H8BrClF2O. The zero-order chi connectivity index (χ0) is 13.1. The monoisotopic (exact) mass is 332 g/mol. The van der Waals surface area contributed by atoms with Gasteiger partial charge in [-0.1, -0.05) is 11.6 Å². The van der Waals surface area contributed by atoms with Crippen LogP contribution in [0, 0.1) is 11.6 Å². The first kappa shape index (κ1) is 13.3. The molecule has 0 N–H and O–H groups in total. The summed E-state index contributed by atoms with van der Waals surface area (Å²) in [7, 11) is 0. The summed E-state index contributed by atoms with van der Waals surface area (Å²) in [5, 5.41) is 0.428. The van der Waals surface area contributed by atoms with Crippen molar-refractivity contribution in [1.82, 2.24) is 0 Å². The molecule has 0 atom stereocenters. The average Bonchev–Trinajstić information content (AvgIpc) is 2.34. The van der Waals surface area contributed by atoms with Crippen LogP contribution in [0.25, 0.3) is 0 Å². The van der Waals surface area contributed by atoms with Crippen molar-refractivity contribution in [3.05, 3.63) is 63.1 Å². The fourth-order valence-corrected chi connectivity index (χ4v) is 1.82. The molecule has 0 saturated carbocycles. The zero-order valence-electron chi connectivity index (χ0n) is 9.09. The van der Waals surface area contributed by atoms with Crippen molar-refractivity contribution >= 4 is 27.5 Å². The highest BCUT2D eigenvalue weighted by Crippen LogP contribution is 2.22.